The molecule has 1 atom stereocenters. The van der Waals surface area contributed by atoms with Crippen molar-refractivity contribution < 1.29 is 9.84 Å². The Bertz CT molecular complexity index is 1270. The summed E-state index contributed by atoms with van der Waals surface area (Å²) >= 11 is 0. The number of hydrogen-bond acceptors (Lipinski definition) is 7. The van der Waals surface area contributed by atoms with Gasteiger partial charge in [0.25, 0.3) is 0 Å². The molecule has 0 saturated heterocycles. The molecule has 31 heavy (non-hydrogen) atoms. The van der Waals surface area contributed by atoms with Crippen molar-refractivity contribution in [3.05, 3.63) is 77.8 Å². The van der Waals surface area contributed by atoms with Gasteiger partial charge in [-0.25, -0.2) is 15.0 Å². The average molecular weight is 411 g/mol. The number of nitrogens with zero attached hydrogens (tertiary/aromatic N) is 3. The molecule has 0 saturated carbocycles. The Balaban J connectivity index is 1.69. The van der Waals surface area contributed by atoms with Crippen LogP contribution < -0.4 is 15.8 Å². The van der Waals surface area contributed by atoms with Crippen LogP contribution in [-0.2, 0) is 5.41 Å². The maximum Gasteiger partial charge on any atom is 0.223 e. The third-order valence-corrected chi connectivity index (χ3v) is 5.38. The number of nitrogens with two attached hydrogens (primary N) is 1. The lowest BCUT2D eigenvalue weighted by Crippen LogP contribution is -2.34. The van der Waals surface area contributed by atoms with Crippen molar-refractivity contribution in [2.45, 2.75) is 24.9 Å². The van der Waals surface area contributed by atoms with Crippen molar-refractivity contribution >= 4 is 0 Å². The molecule has 4 heterocycles. The molecule has 2 aliphatic rings. The van der Waals surface area contributed by atoms with Gasteiger partial charge < -0.3 is 20.9 Å². The zero-order valence-corrected chi connectivity index (χ0v) is 17.2. The molecule has 0 aliphatic carbocycles. The highest BCUT2D eigenvalue weighted by Crippen LogP contribution is 2.50. The number of nitrogens with one attached hydrogen (secondary N) is 1. The molecule has 7 heteroatoms. The Labute approximate surface area is 180 Å². The van der Waals surface area contributed by atoms with E-state index in [0.717, 1.165) is 28.0 Å². The van der Waals surface area contributed by atoms with Crippen molar-refractivity contribution in [1.82, 2.24) is 20.3 Å². The molecule has 1 aromatic carbocycles. The van der Waals surface area contributed by atoms with Crippen LogP contribution in [0.15, 0.2) is 61.1 Å². The van der Waals surface area contributed by atoms with Crippen LogP contribution in [0.5, 0.6) is 11.6 Å². The lowest BCUT2D eigenvalue weighted by Gasteiger charge is -2.35. The summed E-state index contributed by atoms with van der Waals surface area (Å²) in [6, 6.07) is 7.96. The molecule has 0 radical (unpaired) electrons. The Morgan fingerprint density at radius 2 is 1.94 bits per heavy atom. The van der Waals surface area contributed by atoms with E-state index in [1.807, 2.05) is 24.3 Å². The van der Waals surface area contributed by atoms with E-state index in [9.17, 15) is 5.11 Å². The van der Waals surface area contributed by atoms with E-state index < -0.39 is 11.0 Å². The Morgan fingerprint density at radius 1 is 1.13 bits per heavy atom. The number of benzene rings is 1. The van der Waals surface area contributed by atoms with Gasteiger partial charge in [-0.05, 0) is 43.7 Å². The number of ether oxygens (including phenoxy) is 1. The number of fused-ring (bicyclic) bond motifs is 4. The molecule has 154 valence electrons. The first-order valence-electron chi connectivity index (χ1n) is 9.90. The highest BCUT2D eigenvalue weighted by atomic mass is 16.5. The van der Waals surface area contributed by atoms with Crippen LogP contribution in [0.25, 0.3) is 11.1 Å². The molecule has 2 aromatic heterocycles. The van der Waals surface area contributed by atoms with Crippen molar-refractivity contribution in [1.29, 1.82) is 0 Å². The molecule has 0 bridgehead atoms. The second-order valence-corrected chi connectivity index (χ2v) is 8.25. The van der Waals surface area contributed by atoms with E-state index in [2.05, 4.69) is 38.2 Å². The van der Waals surface area contributed by atoms with E-state index >= 15 is 0 Å². The van der Waals surface area contributed by atoms with E-state index in [-0.39, 0.29) is 0 Å². The normalized spacial score (nSPS) is 18.7. The van der Waals surface area contributed by atoms with Gasteiger partial charge in [0.15, 0.2) is 0 Å². The van der Waals surface area contributed by atoms with Gasteiger partial charge >= 0.3 is 0 Å². The van der Waals surface area contributed by atoms with Gasteiger partial charge in [0.2, 0.25) is 5.88 Å². The molecule has 3 aromatic rings. The largest absolute Gasteiger partial charge is 0.438 e. The van der Waals surface area contributed by atoms with Gasteiger partial charge in [-0.15, -0.1) is 0 Å². The van der Waals surface area contributed by atoms with Gasteiger partial charge in [-0.1, -0.05) is 17.9 Å². The molecular formula is C24H21N5O2. The summed E-state index contributed by atoms with van der Waals surface area (Å²) in [5.41, 5.74) is 8.95. The van der Waals surface area contributed by atoms with Crippen LogP contribution in [-0.4, -0.2) is 32.2 Å². The number of hydrogen-bond donors (Lipinski definition) is 3. The Hall–Kier alpha value is -3.89. The smallest absolute Gasteiger partial charge is 0.223 e. The molecule has 0 amide bonds. The van der Waals surface area contributed by atoms with Crippen molar-refractivity contribution in [2.75, 3.05) is 6.54 Å². The van der Waals surface area contributed by atoms with Crippen LogP contribution in [0, 0.1) is 11.8 Å². The lowest BCUT2D eigenvalue weighted by atomic mass is 9.73. The first-order valence-corrected chi connectivity index (χ1v) is 9.90. The molecular weight excluding hydrogens is 390 g/mol. The van der Waals surface area contributed by atoms with E-state index in [1.165, 1.54) is 6.33 Å². The van der Waals surface area contributed by atoms with Gasteiger partial charge in [0.1, 0.15) is 17.7 Å². The summed E-state index contributed by atoms with van der Waals surface area (Å²) in [6.07, 6.45) is 8.73. The highest BCUT2D eigenvalue weighted by molar-refractivity contribution is 5.70. The fraction of sp³-hybridized carbons (Fsp3) is 0.208. The molecule has 0 fully saturated rings. The fourth-order valence-corrected chi connectivity index (χ4v) is 3.95. The zero-order chi connectivity index (χ0) is 21.6. The predicted molar refractivity (Wildman–Crippen MR) is 116 cm³/mol. The summed E-state index contributed by atoms with van der Waals surface area (Å²) in [6.45, 7) is 3.86. The number of aliphatic hydroxyl groups is 1. The number of pyridine rings is 1. The zero-order valence-electron chi connectivity index (χ0n) is 17.2. The van der Waals surface area contributed by atoms with Crippen LogP contribution >= 0.6 is 0 Å². The van der Waals surface area contributed by atoms with E-state index in [0.29, 0.717) is 23.8 Å². The SMILES string of the molecule is CC(C)(O)C#Cc1cnc2c(c1)[C@]1(C=C(N)NC1)c1cc(-c3cncnc3)ccc1O2. The minimum absolute atomic E-state index is 0.518. The quantitative estimate of drug-likeness (QED) is 0.528. The third kappa shape index (κ3) is 3.37. The lowest BCUT2D eigenvalue weighted by molar-refractivity contribution is 0.143. The van der Waals surface area contributed by atoms with Gasteiger partial charge in [0, 0.05) is 47.4 Å². The highest BCUT2D eigenvalue weighted by Gasteiger charge is 2.44. The van der Waals surface area contributed by atoms with Gasteiger partial charge in [-0.2, -0.15) is 0 Å². The first-order chi connectivity index (χ1) is 14.8. The molecule has 7 nitrogen and oxygen atoms in total. The fourth-order valence-electron chi connectivity index (χ4n) is 3.95. The minimum atomic E-state index is -1.09. The predicted octanol–water partition coefficient (Wildman–Crippen LogP) is 2.46. The monoisotopic (exact) mass is 411 g/mol. The summed E-state index contributed by atoms with van der Waals surface area (Å²) in [4.78, 5) is 12.8. The summed E-state index contributed by atoms with van der Waals surface area (Å²) < 4.78 is 6.15. The second kappa shape index (κ2) is 6.83. The van der Waals surface area contributed by atoms with Crippen LogP contribution in [0.3, 0.4) is 0 Å². The van der Waals surface area contributed by atoms with Crippen molar-refractivity contribution in [3.8, 4) is 34.6 Å². The second-order valence-electron chi connectivity index (χ2n) is 8.25. The first kappa shape index (κ1) is 19.1. The number of aromatic nitrogens is 3. The Kier molecular flexibility index (Phi) is 4.20. The summed E-state index contributed by atoms with van der Waals surface area (Å²) in [5, 5.41) is 13.2. The number of rotatable bonds is 1. The minimum Gasteiger partial charge on any atom is -0.438 e. The van der Waals surface area contributed by atoms with Crippen LogP contribution in [0.4, 0.5) is 0 Å². The molecule has 2 aliphatic heterocycles. The van der Waals surface area contributed by atoms with E-state index in [1.54, 1.807) is 32.4 Å². The van der Waals surface area contributed by atoms with Crippen LogP contribution in [0.2, 0.25) is 0 Å². The average Bonchev–Trinajstić information content (AvgIpc) is 3.15. The summed E-state index contributed by atoms with van der Waals surface area (Å²) in [5.74, 6) is 7.69. The van der Waals surface area contributed by atoms with Crippen molar-refractivity contribution in [2.24, 2.45) is 5.73 Å². The molecule has 0 unspecified atom stereocenters. The van der Waals surface area contributed by atoms with Gasteiger partial charge in [-0.3, -0.25) is 0 Å². The van der Waals surface area contributed by atoms with Gasteiger partial charge in [0.05, 0.1) is 11.2 Å². The summed E-state index contributed by atoms with van der Waals surface area (Å²) in [7, 11) is 0. The molecule has 4 N–H and O–H groups in total. The van der Waals surface area contributed by atoms with Crippen molar-refractivity contribution in [3.63, 3.8) is 0 Å². The maximum atomic E-state index is 9.96. The standard InChI is InChI=1S/C24H21N5O2/c1-23(2,30)6-5-15-7-19-22(28-10-15)31-20-4-3-16(17-11-26-14-27-12-17)8-18(20)24(19)9-21(25)29-13-24/h3-4,7-12,14,29-30H,13,25H2,1-2H3/t24-/m0/s1. The molecule has 1 spiro atoms. The Morgan fingerprint density at radius 3 is 2.65 bits per heavy atom. The molecule has 5 rings (SSSR count). The maximum absolute atomic E-state index is 9.96. The van der Waals surface area contributed by atoms with E-state index in [4.69, 9.17) is 10.5 Å². The third-order valence-electron chi connectivity index (χ3n) is 5.38. The van der Waals surface area contributed by atoms with Crippen LogP contribution in [0.1, 0.15) is 30.5 Å². The topological polar surface area (TPSA) is 106 Å².